The number of aromatic carboxylic acids is 2. The Morgan fingerprint density at radius 1 is 0.633 bits per heavy atom. The van der Waals surface area contributed by atoms with Crippen LogP contribution >= 0.6 is 0 Å². The van der Waals surface area contributed by atoms with Crippen LogP contribution in [0, 0.1) is 0 Å². The zero-order valence-electron chi connectivity index (χ0n) is 19.5. The molecule has 0 saturated heterocycles. The molecule has 0 bridgehead atoms. The maximum Gasteiger partial charge on any atom is 1.00 e. The van der Waals surface area contributed by atoms with Gasteiger partial charge in [0.15, 0.2) is 0 Å². The number of hydrogen-bond acceptors (Lipinski definition) is 4. The number of aryl methyl sites for hydroxylation is 1. The topological polar surface area (TPSA) is 80.3 Å². The minimum atomic E-state index is -1.48. The third-order valence-electron chi connectivity index (χ3n) is 5.34. The van der Waals surface area contributed by atoms with Gasteiger partial charge in [-0.2, -0.15) is 0 Å². The molecule has 0 radical (unpaired) electrons. The molecule has 0 aliphatic rings. The van der Waals surface area contributed by atoms with E-state index in [4.69, 9.17) is 0 Å². The van der Waals surface area contributed by atoms with Crippen LogP contribution in [0.2, 0.25) is 0 Å². The zero-order chi connectivity index (χ0) is 20.6. The van der Waals surface area contributed by atoms with E-state index in [2.05, 4.69) is 6.92 Å². The molecule has 0 saturated carbocycles. The molecule has 6 heteroatoms. The maximum atomic E-state index is 11.1. The molecule has 30 heavy (non-hydrogen) atoms. The summed E-state index contributed by atoms with van der Waals surface area (Å²) in [5, 5.41) is 22.0. The predicted octanol–water partition coefficient (Wildman–Crippen LogP) is -1.55. The molecule has 0 heterocycles. The Bertz CT molecular complexity index is 591. The van der Waals surface area contributed by atoms with E-state index < -0.39 is 11.9 Å². The van der Waals surface area contributed by atoms with Gasteiger partial charge in [0, 0.05) is 11.1 Å². The van der Waals surface area contributed by atoms with Crippen molar-refractivity contribution in [2.24, 2.45) is 0 Å². The normalized spacial score (nSPS) is 10.2. The summed E-state index contributed by atoms with van der Waals surface area (Å²) >= 11 is 0. The van der Waals surface area contributed by atoms with Gasteiger partial charge in [0.25, 0.3) is 0 Å². The molecule has 0 fully saturated rings. The molecule has 158 valence electrons. The first-order chi connectivity index (χ1) is 13.6. The van der Waals surface area contributed by atoms with Crippen molar-refractivity contribution in [2.75, 3.05) is 0 Å². The third kappa shape index (κ3) is 15.0. The first-order valence-corrected chi connectivity index (χ1v) is 11.1. The van der Waals surface area contributed by atoms with Crippen LogP contribution in [0.1, 0.15) is 123 Å². The van der Waals surface area contributed by atoms with Gasteiger partial charge < -0.3 is 19.8 Å². The van der Waals surface area contributed by atoms with Crippen molar-refractivity contribution in [3.8, 4) is 0 Å². The van der Waals surface area contributed by atoms with E-state index in [1.54, 1.807) is 6.07 Å². The van der Waals surface area contributed by atoms with Crippen molar-refractivity contribution >= 4 is 11.9 Å². The molecule has 1 aromatic rings. The minimum Gasteiger partial charge on any atom is -0.545 e. The van der Waals surface area contributed by atoms with E-state index in [0.29, 0.717) is 0 Å². The number of carbonyl (C=O) groups is 2. The summed E-state index contributed by atoms with van der Waals surface area (Å²) in [7, 11) is 0. The quantitative estimate of drug-likeness (QED) is 0.220. The summed E-state index contributed by atoms with van der Waals surface area (Å²) in [5.74, 6) is -2.95. The van der Waals surface area contributed by atoms with Crippen LogP contribution in [0.4, 0.5) is 0 Å². The zero-order valence-corrected chi connectivity index (χ0v) is 23.5. The van der Waals surface area contributed by atoms with E-state index in [0.717, 1.165) is 24.8 Å². The second-order valence-electron chi connectivity index (χ2n) is 7.80. The predicted molar refractivity (Wildman–Crippen MR) is 109 cm³/mol. The van der Waals surface area contributed by atoms with Crippen LogP contribution in [0.15, 0.2) is 18.2 Å². The van der Waals surface area contributed by atoms with Crippen molar-refractivity contribution in [3.05, 3.63) is 34.9 Å². The fraction of sp³-hybridized carbons (Fsp3) is 0.667. The molecule has 0 unspecified atom stereocenters. The van der Waals surface area contributed by atoms with E-state index >= 15 is 0 Å². The molecule has 0 atom stereocenters. The van der Waals surface area contributed by atoms with Gasteiger partial charge in [-0.25, -0.2) is 0 Å². The largest absolute Gasteiger partial charge is 1.00 e. The smallest absolute Gasteiger partial charge is 0.545 e. The molecule has 4 nitrogen and oxygen atoms in total. The summed E-state index contributed by atoms with van der Waals surface area (Å²) < 4.78 is 0. The van der Waals surface area contributed by atoms with Gasteiger partial charge in [-0.05, 0) is 24.5 Å². The molecular weight excluding hydrogens is 398 g/mol. The average Bonchev–Trinajstić information content (AvgIpc) is 2.68. The van der Waals surface area contributed by atoms with E-state index in [1.807, 2.05) is 0 Å². The fourth-order valence-electron chi connectivity index (χ4n) is 3.62. The molecule has 1 rings (SSSR count). The Morgan fingerprint density at radius 2 is 1.03 bits per heavy atom. The summed E-state index contributed by atoms with van der Waals surface area (Å²) in [6.07, 6.45) is 18.9. The second-order valence-corrected chi connectivity index (χ2v) is 7.80. The van der Waals surface area contributed by atoms with Gasteiger partial charge in [0.2, 0.25) is 0 Å². The summed E-state index contributed by atoms with van der Waals surface area (Å²) in [6, 6.07) is 4.38. The minimum absolute atomic E-state index is 0. The Labute approximate surface area is 227 Å². The Morgan fingerprint density at radius 3 is 1.43 bits per heavy atom. The number of rotatable bonds is 17. The number of carbonyl (C=O) groups excluding carboxylic acids is 2. The van der Waals surface area contributed by atoms with Gasteiger partial charge in [-0.15, -0.1) is 0 Å². The van der Waals surface area contributed by atoms with Crippen molar-refractivity contribution < 1.29 is 78.9 Å². The van der Waals surface area contributed by atoms with Crippen LogP contribution in [-0.4, -0.2) is 11.9 Å². The summed E-state index contributed by atoms with van der Waals surface area (Å²) in [5.41, 5.74) is 0.232. The van der Waals surface area contributed by atoms with Crippen LogP contribution in [0.3, 0.4) is 0 Å². The van der Waals surface area contributed by atoms with Gasteiger partial charge in [0.1, 0.15) is 0 Å². The number of carboxylic acids is 2. The molecule has 0 amide bonds. The number of hydrogen-bond donors (Lipinski definition) is 0. The second kappa shape index (κ2) is 21.0. The third-order valence-corrected chi connectivity index (χ3v) is 5.34. The van der Waals surface area contributed by atoms with Crippen molar-refractivity contribution in [1.29, 1.82) is 0 Å². The first kappa shape index (κ1) is 32.3. The summed E-state index contributed by atoms with van der Waals surface area (Å²) in [4.78, 5) is 22.0. The van der Waals surface area contributed by atoms with Gasteiger partial charge >= 0.3 is 59.1 Å². The van der Waals surface area contributed by atoms with E-state index in [9.17, 15) is 19.8 Å². The Balaban J connectivity index is 0. The Kier molecular flexibility index (Phi) is 22.7. The van der Waals surface area contributed by atoms with E-state index in [1.165, 1.54) is 89.2 Å². The van der Waals surface area contributed by atoms with Gasteiger partial charge in [-0.3, -0.25) is 0 Å². The molecule has 0 aromatic heterocycles. The average molecular weight is 435 g/mol. The molecule has 0 spiro atoms. The standard InChI is InChI=1S/C24H38O4.2Na/c1-2-3-4-5-6-7-8-9-10-11-12-13-14-15-16-20-17-18-21(23(25)26)22(19-20)24(27)28;;/h17-19H,2-16H2,1H3,(H,25,26)(H,27,28);;/q;2*+1/p-2. The number of unbranched alkanes of at least 4 members (excludes halogenated alkanes) is 13. The van der Waals surface area contributed by atoms with Gasteiger partial charge in [-0.1, -0.05) is 103 Å². The molecule has 0 aliphatic carbocycles. The Hall–Kier alpha value is 0.160. The van der Waals surface area contributed by atoms with Crippen LogP contribution in [0.5, 0.6) is 0 Å². The molecular formula is C24H36Na2O4. The SMILES string of the molecule is CCCCCCCCCCCCCCCCc1ccc(C(=O)[O-])c(C(=O)[O-])c1.[Na+].[Na+]. The summed E-state index contributed by atoms with van der Waals surface area (Å²) in [6.45, 7) is 2.25. The van der Waals surface area contributed by atoms with Crippen molar-refractivity contribution in [2.45, 2.75) is 103 Å². The molecule has 1 aromatic carbocycles. The van der Waals surface area contributed by atoms with Crippen LogP contribution in [0.25, 0.3) is 0 Å². The number of benzene rings is 1. The van der Waals surface area contributed by atoms with E-state index in [-0.39, 0.29) is 70.2 Å². The first-order valence-electron chi connectivity index (χ1n) is 11.1. The fourth-order valence-corrected chi connectivity index (χ4v) is 3.62. The van der Waals surface area contributed by atoms with Crippen LogP contribution < -0.4 is 69.3 Å². The molecule has 0 N–H and O–H groups in total. The molecule has 0 aliphatic heterocycles. The van der Waals surface area contributed by atoms with Crippen molar-refractivity contribution in [3.63, 3.8) is 0 Å². The van der Waals surface area contributed by atoms with Crippen LogP contribution in [-0.2, 0) is 6.42 Å². The van der Waals surface area contributed by atoms with Crippen molar-refractivity contribution in [1.82, 2.24) is 0 Å². The van der Waals surface area contributed by atoms with Gasteiger partial charge in [0.05, 0.1) is 11.9 Å². The number of carboxylic acid groups (broad SMARTS) is 2. The maximum absolute atomic E-state index is 11.1. The monoisotopic (exact) mass is 434 g/mol.